The molecule has 0 aliphatic carbocycles. The largest absolute Gasteiger partial charge is 0.343 e. The van der Waals surface area contributed by atoms with E-state index in [9.17, 15) is 4.79 Å². The van der Waals surface area contributed by atoms with Gasteiger partial charge in [-0.2, -0.15) is 0 Å². The second-order valence-electron chi connectivity index (χ2n) is 4.30. The number of likely N-dealkylation sites (tertiary alicyclic amines) is 1. The Morgan fingerprint density at radius 2 is 2.33 bits per heavy atom. The first-order valence-corrected chi connectivity index (χ1v) is 5.85. The summed E-state index contributed by atoms with van der Waals surface area (Å²) in [4.78, 5) is 15.6. The molecule has 1 aliphatic heterocycles. The van der Waals surface area contributed by atoms with Crippen molar-refractivity contribution in [2.45, 2.75) is 20.3 Å². The molecule has 0 saturated carbocycles. The molecule has 0 bridgehead atoms. The highest BCUT2D eigenvalue weighted by molar-refractivity contribution is 5.73. The second-order valence-corrected chi connectivity index (χ2v) is 4.30. The number of hydrogen-bond acceptors (Lipinski definition) is 3. The molecule has 0 unspecified atom stereocenters. The summed E-state index contributed by atoms with van der Waals surface area (Å²) in [6.45, 7) is 9.37. The van der Waals surface area contributed by atoms with Gasteiger partial charge in [-0.3, -0.25) is 4.79 Å². The fraction of sp³-hybridized carbons (Fsp3) is 0.909. The van der Waals surface area contributed by atoms with Gasteiger partial charge in [-0.25, -0.2) is 0 Å². The molecule has 0 spiro atoms. The molecule has 0 radical (unpaired) electrons. The normalized spacial score (nSPS) is 21.9. The zero-order chi connectivity index (χ0) is 11.3. The van der Waals surface area contributed by atoms with Crippen LogP contribution in [0.4, 0.5) is 0 Å². The predicted molar refractivity (Wildman–Crippen MR) is 61.5 cm³/mol. The van der Waals surface area contributed by atoms with Crippen LogP contribution in [0.25, 0.3) is 0 Å². The van der Waals surface area contributed by atoms with E-state index < -0.39 is 0 Å². The number of hydrogen-bond donors (Lipinski definition) is 1. The quantitative estimate of drug-likeness (QED) is 0.706. The van der Waals surface area contributed by atoms with Crippen molar-refractivity contribution in [3.05, 3.63) is 0 Å². The van der Waals surface area contributed by atoms with Crippen molar-refractivity contribution in [1.29, 1.82) is 0 Å². The predicted octanol–water partition coefficient (Wildman–Crippen LogP) is 0.135. The van der Waals surface area contributed by atoms with Crippen molar-refractivity contribution in [1.82, 2.24) is 9.80 Å². The molecule has 1 rings (SSSR count). The third-order valence-corrected chi connectivity index (χ3v) is 3.12. The molecular formula is C11H23N3O. The Kier molecular flexibility index (Phi) is 5.05. The molecule has 0 aromatic heterocycles. The van der Waals surface area contributed by atoms with Crippen molar-refractivity contribution in [2.75, 3.05) is 39.3 Å². The number of amides is 1. The molecule has 1 fully saturated rings. The van der Waals surface area contributed by atoms with Gasteiger partial charge in [0.1, 0.15) is 0 Å². The molecule has 4 nitrogen and oxygen atoms in total. The third-order valence-electron chi connectivity index (χ3n) is 3.12. The molecular weight excluding hydrogens is 190 g/mol. The van der Waals surface area contributed by atoms with E-state index in [0.29, 0.717) is 5.92 Å². The van der Waals surface area contributed by atoms with Crippen LogP contribution in [-0.2, 0) is 4.79 Å². The van der Waals surface area contributed by atoms with E-state index in [1.54, 1.807) is 6.92 Å². The minimum atomic E-state index is 0.190. The fourth-order valence-electron chi connectivity index (χ4n) is 2.24. The van der Waals surface area contributed by atoms with Crippen molar-refractivity contribution < 1.29 is 4.79 Å². The second kappa shape index (κ2) is 6.08. The van der Waals surface area contributed by atoms with Gasteiger partial charge in [-0.05, 0) is 25.8 Å². The first-order valence-electron chi connectivity index (χ1n) is 5.85. The van der Waals surface area contributed by atoms with E-state index in [1.165, 1.54) is 6.42 Å². The lowest BCUT2D eigenvalue weighted by atomic mass is 10.1. The van der Waals surface area contributed by atoms with Gasteiger partial charge in [0.2, 0.25) is 5.91 Å². The summed E-state index contributed by atoms with van der Waals surface area (Å²) in [7, 11) is 0. The molecule has 1 aliphatic rings. The lowest BCUT2D eigenvalue weighted by Crippen LogP contribution is -2.35. The highest BCUT2D eigenvalue weighted by atomic mass is 16.2. The highest BCUT2D eigenvalue weighted by Crippen LogP contribution is 2.16. The Morgan fingerprint density at radius 3 is 2.87 bits per heavy atom. The maximum Gasteiger partial charge on any atom is 0.219 e. The van der Waals surface area contributed by atoms with Crippen LogP contribution < -0.4 is 5.73 Å². The summed E-state index contributed by atoms with van der Waals surface area (Å²) in [6.07, 6.45) is 1.20. The summed E-state index contributed by atoms with van der Waals surface area (Å²) in [5.41, 5.74) is 5.52. The minimum absolute atomic E-state index is 0.190. The summed E-state index contributed by atoms with van der Waals surface area (Å²) < 4.78 is 0. The standard InChI is InChI=1S/C11H23N3O/c1-3-14(10(2)15)9-11-4-6-13(8-11)7-5-12/h11H,3-9,12H2,1-2H3/t11-/m1/s1. The molecule has 1 heterocycles. The van der Waals surface area contributed by atoms with Crippen LogP contribution >= 0.6 is 0 Å². The van der Waals surface area contributed by atoms with Gasteiger partial charge < -0.3 is 15.5 Å². The summed E-state index contributed by atoms with van der Waals surface area (Å²) in [5, 5.41) is 0. The number of carbonyl (C=O) groups is 1. The van der Waals surface area contributed by atoms with Crippen LogP contribution in [0.15, 0.2) is 0 Å². The van der Waals surface area contributed by atoms with Gasteiger partial charge >= 0.3 is 0 Å². The molecule has 4 heteroatoms. The van der Waals surface area contributed by atoms with Crippen LogP contribution in [0, 0.1) is 5.92 Å². The third kappa shape index (κ3) is 3.80. The zero-order valence-corrected chi connectivity index (χ0v) is 9.91. The van der Waals surface area contributed by atoms with Crippen LogP contribution in [0.5, 0.6) is 0 Å². The Bertz CT molecular complexity index is 208. The van der Waals surface area contributed by atoms with Gasteiger partial charge in [-0.1, -0.05) is 0 Å². The number of nitrogens with two attached hydrogens (primary N) is 1. The monoisotopic (exact) mass is 213 g/mol. The smallest absolute Gasteiger partial charge is 0.219 e. The van der Waals surface area contributed by atoms with E-state index in [1.807, 2.05) is 11.8 Å². The summed E-state index contributed by atoms with van der Waals surface area (Å²) in [6, 6.07) is 0. The average molecular weight is 213 g/mol. The van der Waals surface area contributed by atoms with E-state index in [0.717, 1.165) is 39.3 Å². The Hall–Kier alpha value is -0.610. The topological polar surface area (TPSA) is 49.6 Å². The lowest BCUT2D eigenvalue weighted by molar-refractivity contribution is -0.129. The van der Waals surface area contributed by atoms with Gasteiger partial charge in [0.15, 0.2) is 0 Å². The molecule has 1 atom stereocenters. The number of nitrogens with zero attached hydrogens (tertiary/aromatic N) is 2. The fourth-order valence-corrected chi connectivity index (χ4v) is 2.24. The Balaban J connectivity index is 2.31. The van der Waals surface area contributed by atoms with Crippen molar-refractivity contribution in [2.24, 2.45) is 11.7 Å². The van der Waals surface area contributed by atoms with Gasteiger partial charge in [0.05, 0.1) is 0 Å². The molecule has 2 N–H and O–H groups in total. The van der Waals surface area contributed by atoms with Crippen LogP contribution in [0.2, 0.25) is 0 Å². The molecule has 1 saturated heterocycles. The van der Waals surface area contributed by atoms with Crippen molar-refractivity contribution >= 4 is 5.91 Å². The molecule has 15 heavy (non-hydrogen) atoms. The Morgan fingerprint density at radius 1 is 1.60 bits per heavy atom. The summed E-state index contributed by atoms with van der Waals surface area (Å²) in [5.74, 6) is 0.829. The lowest BCUT2D eigenvalue weighted by Gasteiger charge is -2.23. The van der Waals surface area contributed by atoms with Crippen LogP contribution in [-0.4, -0.2) is 55.0 Å². The van der Waals surface area contributed by atoms with Crippen molar-refractivity contribution in [3.63, 3.8) is 0 Å². The van der Waals surface area contributed by atoms with Crippen LogP contribution in [0.3, 0.4) is 0 Å². The maximum atomic E-state index is 11.3. The molecule has 0 aromatic rings. The first-order chi connectivity index (χ1) is 7.17. The molecule has 0 aromatic carbocycles. The minimum Gasteiger partial charge on any atom is -0.343 e. The van der Waals surface area contributed by atoms with Gasteiger partial charge in [0.25, 0.3) is 0 Å². The van der Waals surface area contributed by atoms with E-state index in [2.05, 4.69) is 4.90 Å². The Labute approximate surface area is 92.4 Å². The SMILES string of the molecule is CCN(C[C@@H]1CCN(CCN)C1)C(C)=O. The van der Waals surface area contributed by atoms with E-state index in [4.69, 9.17) is 5.73 Å². The summed E-state index contributed by atoms with van der Waals surface area (Å²) >= 11 is 0. The van der Waals surface area contributed by atoms with E-state index in [-0.39, 0.29) is 5.91 Å². The number of rotatable bonds is 5. The van der Waals surface area contributed by atoms with Crippen LogP contribution in [0.1, 0.15) is 20.3 Å². The van der Waals surface area contributed by atoms with Gasteiger partial charge in [0, 0.05) is 39.6 Å². The average Bonchev–Trinajstić information content (AvgIpc) is 2.62. The highest BCUT2D eigenvalue weighted by Gasteiger charge is 2.23. The zero-order valence-electron chi connectivity index (χ0n) is 9.91. The molecule has 1 amide bonds. The van der Waals surface area contributed by atoms with Gasteiger partial charge in [-0.15, -0.1) is 0 Å². The number of carbonyl (C=O) groups excluding carboxylic acids is 1. The van der Waals surface area contributed by atoms with E-state index >= 15 is 0 Å². The maximum absolute atomic E-state index is 11.3. The van der Waals surface area contributed by atoms with Crippen molar-refractivity contribution in [3.8, 4) is 0 Å². The first kappa shape index (κ1) is 12.5. The molecule has 88 valence electrons.